The van der Waals surface area contributed by atoms with E-state index in [1.54, 1.807) is 19.3 Å². The molecular weight excluding hydrogens is 178 g/mol. The van der Waals surface area contributed by atoms with Crippen LogP contribution in [0.25, 0.3) is 0 Å². The summed E-state index contributed by atoms with van der Waals surface area (Å²) < 4.78 is 0. The van der Waals surface area contributed by atoms with Gasteiger partial charge in [0.1, 0.15) is 5.82 Å². The van der Waals surface area contributed by atoms with Crippen LogP contribution in [0.4, 0.5) is 0 Å². The van der Waals surface area contributed by atoms with Gasteiger partial charge in [-0.2, -0.15) is 0 Å². The number of nitrogens with zero attached hydrogens (tertiary/aromatic N) is 1. The molecule has 0 radical (unpaired) electrons. The van der Waals surface area contributed by atoms with Crippen molar-refractivity contribution in [2.24, 2.45) is 0 Å². The van der Waals surface area contributed by atoms with E-state index in [4.69, 9.17) is 0 Å². The molecule has 0 unspecified atom stereocenters. The van der Waals surface area contributed by atoms with E-state index in [0.29, 0.717) is 12.1 Å². The summed E-state index contributed by atoms with van der Waals surface area (Å²) in [6, 6.07) is 0. The number of H-pyrrole nitrogens is 1. The average molecular weight is 193 g/mol. The highest BCUT2D eigenvalue weighted by atomic mass is 16.1. The standard InChI is InChI=1S/C10H15N3O/c1-8(2)10(14)13-5-3-4-9-11-6-7-12-9/h6-7H,1,3-5H2,2H3,(H,11,12)(H,13,14). The number of hydrogen-bond acceptors (Lipinski definition) is 2. The first-order valence-corrected chi connectivity index (χ1v) is 4.62. The first kappa shape index (κ1) is 10.5. The molecule has 0 bridgehead atoms. The summed E-state index contributed by atoms with van der Waals surface area (Å²) in [6.45, 7) is 5.91. The van der Waals surface area contributed by atoms with Crippen LogP contribution in [-0.2, 0) is 11.2 Å². The van der Waals surface area contributed by atoms with E-state index in [1.807, 2.05) is 0 Å². The van der Waals surface area contributed by atoms with Crippen molar-refractivity contribution in [1.29, 1.82) is 0 Å². The Bertz CT molecular complexity index is 303. The zero-order valence-corrected chi connectivity index (χ0v) is 8.34. The van der Waals surface area contributed by atoms with E-state index in [2.05, 4.69) is 21.9 Å². The number of amides is 1. The number of aromatic amines is 1. The number of carbonyl (C=O) groups is 1. The van der Waals surface area contributed by atoms with Gasteiger partial charge in [-0.05, 0) is 13.3 Å². The maximum absolute atomic E-state index is 11.1. The zero-order chi connectivity index (χ0) is 10.4. The maximum atomic E-state index is 11.1. The van der Waals surface area contributed by atoms with Crippen LogP contribution in [0.1, 0.15) is 19.2 Å². The highest BCUT2D eigenvalue weighted by Crippen LogP contribution is 1.94. The van der Waals surface area contributed by atoms with E-state index in [1.165, 1.54) is 0 Å². The van der Waals surface area contributed by atoms with Crippen LogP contribution >= 0.6 is 0 Å². The molecular formula is C10H15N3O. The number of aromatic nitrogens is 2. The van der Waals surface area contributed by atoms with Crippen molar-refractivity contribution in [3.8, 4) is 0 Å². The van der Waals surface area contributed by atoms with Gasteiger partial charge in [-0.1, -0.05) is 6.58 Å². The monoisotopic (exact) mass is 193 g/mol. The van der Waals surface area contributed by atoms with Crippen LogP contribution in [-0.4, -0.2) is 22.4 Å². The molecule has 76 valence electrons. The topological polar surface area (TPSA) is 57.8 Å². The summed E-state index contributed by atoms with van der Waals surface area (Å²) in [5, 5.41) is 2.76. The van der Waals surface area contributed by atoms with Crippen molar-refractivity contribution in [2.45, 2.75) is 19.8 Å². The molecule has 0 aliphatic heterocycles. The fourth-order valence-electron chi connectivity index (χ4n) is 1.04. The van der Waals surface area contributed by atoms with Crippen molar-refractivity contribution in [3.63, 3.8) is 0 Å². The van der Waals surface area contributed by atoms with Crippen LogP contribution in [0.2, 0.25) is 0 Å². The molecule has 1 aromatic heterocycles. The molecule has 0 spiro atoms. The molecule has 0 saturated carbocycles. The maximum Gasteiger partial charge on any atom is 0.246 e. The number of rotatable bonds is 5. The fraction of sp³-hybridized carbons (Fsp3) is 0.400. The van der Waals surface area contributed by atoms with Crippen molar-refractivity contribution >= 4 is 5.91 Å². The Morgan fingerprint density at radius 1 is 1.71 bits per heavy atom. The third-order valence-corrected chi connectivity index (χ3v) is 1.82. The van der Waals surface area contributed by atoms with E-state index < -0.39 is 0 Å². The van der Waals surface area contributed by atoms with Gasteiger partial charge in [-0.25, -0.2) is 4.98 Å². The van der Waals surface area contributed by atoms with Crippen molar-refractivity contribution in [3.05, 3.63) is 30.4 Å². The van der Waals surface area contributed by atoms with Gasteiger partial charge < -0.3 is 10.3 Å². The van der Waals surface area contributed by atoms with Gasteiger partial charge in [0.05, 0.1) is 0 Å². The summed E-state index contributed by atoms with van der Waals surface area (Å²) in [4.78, 5) is 18.2. The van der Waals surface area contributed by atoms with Crippen LogP contribution < -0.4 is 5.32 Å². The molecule has 1 aromatic rings. The molecule has 0 aromatic carbocycles. The van der Waals surface area contributed by atoms with Crippen LogP contribution in [0.15, 0.2) is 24.5 Å². The lowest BCUT2D eigenvalue weighted by atomic mass is 10.3. The minimum Gasteiger partial charge on any atom is -0.352 e. The van der Waals surface area contributed by atoms with Gasteiger partial charge in [-0.3, -0.25) is 4.79 Å². The molecule has 0 fully saturated rings. The molecule has 14 heavy (non-hydrogen) atoms. The largest absolute Gasteiger partial charge is 0.352 e. The summed E-state index contributed by atoms with van der Waals surface area (Å²) >= 11 is 0. The Kier molecular flexibility index (Phi) is 3.91. The lowest BCUT2D eigenvalue weighted by Crippen LogP contribution is -2.25. The molecule has 2 N–H and O–H groups in total. The molecule has 4 nitrogen and oxygen atoms in total. The minimum atomic E-state index is -0.0792. The second-order valence-corrected chi connectivity index (χ2v) is 3.18. The van der Waals surface area contributed by atoms with Crippen molar-refractivity contribution in [2.75, 3.05) is 6.54 Å². The SMILES string of the molecule is C=C(C)C(=O)NCCCc1ncc[nH]1. The Balaban J connectivity index is 2.11. The highest BCUT2D eigenvalue weighted by Gasteiger charge is 2.00. The molecule has 0 aliphatic rings. The van der Waals surface area contributed by atoms with E-state index in [0.717, 1.165) is 18.7 Å². The lowest BCUT2D eigenvalue weighted by Gasteiger charge is -2.02. The van der Waals surface area contributed by atoms with E-state index in [9.17, 15) is 4.79 Å². The molecule has 0 saturated heterocycles. The Morgan fingerprint density at radius 2 is 2.50 bits per heavy atom. The van der Waals surface area contributed by atoms with Gasteiger partial charge >= 0.3 is 0 Å². The highest BCUT2D eigenvalue weighted by molar-refractivity contribution is 5.91. The number of aryl methyl sites for hydroxylation is 1. The van der Waals surface area contributed by atoms with Crippen LogP contribution in [0.3, 0.4) is 0 Å². The lowest BCUT2D eigenvalue weighted by molar-refractivity contribution is -0.117. The third-order valence-electron chi connectivity index (χ3n) is 1.82. The van der Waals surface area contributed by atoms with Gasteiger partial charge in [0.25, 0.3) is 0 Å². The number of hydrogen-bond donors (Lipinski definition) is 2. The summed E-state index contributed by atoms with van der Waals surface area (Å²) in [5.74, 6) is 0.874. The van der Waals surface area contributed by atoms with Crippen LogP contribution in [0.5, 0.6) is 0 Å². The molecule has 0 atom stereocenters. The van der Waals surface area contributed by atoms with Gasteiger partial charge in [-0.15, -0.1) is 0 Å². The summed E-state index contributed by atoms with van der Waals surface area (Å²) in [5.41, 5.74) is 0.544. The number of nitrogens with one attached hydrogen (secondary N) is 2. The first-order valence-electron chi connectivity index (χ1n) is 4.62. The van der Waals surface area contributed by atoms with Gasteiger partial charge in [0.2, 0.25) is 5.91 Å². The Labute approximate surface area is 83.4 Å². The third kappa shape index (κ3) is 3.43. The summed E-state index contributed by atoms with van der Waals surface area (Å²) in [7, 11) is 0. The first-order chi connectivity index (χ1) is 6.70. The molecule has 1 amide bonds. The number of carbonyl (C=O) groups excluding carboxylic acids is 1. The van der Waals surface area contributed by atoms with Crippen LogP contribution in [0, 0.1) is 0 Å². The average Bonchev–Trinajstić information content (AvgIpc) is 2.64. The molecule has 4 heteroatoms. The predicted octanol–water partition coefficient (Wildman–Crippen LogP) is 1.03. The zero-order valence-electron chi connectivity index (χ0n) is 8.34. The quantitative estimate of drug-likeness (QED) is 0.542. The Hall–Kier alpha value is -1.58. The minimum absolute atomic E-state index is 0.0792. The Morgan fingerprint density at radius 3 is 3.07 bits per heavy atom. The molecule has 1 rings (SSSR count). The van der Waals surface area contributed by atoms with Crippen molar-refractivity contribution in [1.82, 2.24) is 15.3 Å². The normalized spacial score (nSPS) is 9.79. The van der Waals surface area contributed by atoms with Crippen molar-refractivity contribution < 1.29 is 4.79 Å². The second-order valence-electron chi connectivity index (χ2n) is 3.18. The molecule has 1 heterocycles. The van der Waals surface area contributed by atoms with E-state index in [-0.39, 0.29) is 5.91 Å². The molecule has 0 aliphatic carbocycles. The van der Waals surface area contributed by atoms with E-state index >= 15 is 0 Å². The predicted molar refractivity (Wildman–Crippen MR) is 54.7 cm³/mol. The van der Waals surface area contributed by atoms with Gasteiger partial charge in [0, 0.05) is 30.9 Å². The van der Waals surface area contributed by atoms with Gasteiger partial charge in [0.15, 0.2) is 0 Å². The summed E-state index contributed by atoms with van der Waals surface area (Å²) in [6.07, 6.45) is 5.25. The number of imidazole rings is 1. The fourth-order valence-corrected chi connectivity index (χ4v) is 1.04. The second kappa shape index (κ2) is 5.21. The smallest absolute Gasteiger partial charge is 0.246 e.